The molecule has 0 aliphatic heterocycles. The van der Waals surface area contributed by atoms with Crippen molar-refractivity contribution in [1.82, 2.24) is 0 Å². The molecular weight excluding hydrogens is 332 g/mol. The Morgan fingerprint density at radius 2 is 1.95 bits per heavy atom. The molecule has 20 heavy (non-hydrogen) atoms. The molecule has 0 unspecified atom stereocenters. The van der Waals surface area contributed by atoms with Crippen LogP contribution in [0.1, 0.15) is 5.56 Å². The third-order valence-corrected chi connectivity index (χ3v) is 3.26. The van der Waals surface area contributed by atoms with Gasteiger partial charge in [-0.1, -0.05) is 0 Å². The number of halogens is 3. The number of rotatable bonds is 4. The second-order valence-electron chi connectivity index (χ2n) is 4.05. The van der Waals surface area contributed by atoms with Crippen molar-refractivity contribution < 1.29 is 18.3 Å². The molecule has 0 aliphatic rings. The summed E-state index contributed by atoms with van der Waals surface area (Å²) in [7, 11) is 1.46. The van der Waals surface area contributed by atoms with E-state index in [9.17, 15) is 8.78 Å². The van der Waals surface area contributed by atoms with E-state index in [4.69, 9.17) is 15.2 Å². The smallest absolute Gasteiger partial charge is 0.157 e. The Labute approximate surface area is 123 Å². The van der Waals surface area contributed by atoms with Crippen molar-refractivity contribution in [2.24, 2.45) is 0 Å². The molecule has 2 aromatic carbocycles. The number of methoxy groups -OCH3 is 1. The van der Waals surface area contributed by atoms with Gasteiger partial charge in [0.25, 0.3) is 0 Å². The zero-order valence-corrected chi connectivity index (χ0v) is 12.2. The number of nitrogen functional groups attached to an aromatic ring is 1. The van der Waals surface area contributed by atoms with Crippen molar-refractivity contribution in [3.05, 3.63) is 52.0 Å². The van der Waals surface area contributed by atoms with Gasteiger partial charge in [0.15, 0.2) is 5.75 Å². The minimum atomic E-state index is -0.475. The van der Waals surface area contributed by atoms with Gasteiger partial charge in [0, 0.05) is 17.7 Å². The second-order valence-corrected chi connectivity index (χ2v) is 4.91. The van der Waals surface area contributed by atoms with E-state index >= 15 is 0 Å². The molecule has 0 amide bonds. The predicted molar refractivity (Wildman–Crippen MR) is 75.8 cm³/mol. The molecule has 0 atom stereocenters. The molecule has 0 saturated carbocycles. The second kappa shape index (κ2) is 6.09. The van der Waals surface area contributed by atoms with Crippen molar-refractivity contribution >= 4 is 21.6 Å². The van der Waals surface area contributed by atoms with Crippen LogP contribution in [0.2, 0.25) is 0 Å². The molecule has 0 aliphatic carbocycles. The minimum absolute atomic E-state index is 0.0236. The lowest BCUT2D eigenvalue weighted by Crippen LogP contribution is -2.02. The Bertz CT molecular complexity index is 612. The van der Waals surface area contributed by atoms with E-state index in [0.717, 1.165) is 6.07 Å². The Morgan fingerprint density at radius 1 is 1.20 bits per heavy atom. The standard InChI is InChI=1S/C14H12BrF2NO2/c1-19-10-3-2-8(12(17)6-10)7-20-14-11(15)4-9(16)5-13(14)18/h2-6H,7,18H2,1H3. The first-order chi connectivity index (χ1) is 9.51. The largest absolute Gasteiger partial charge is 0.497 e. The van der Waals surface area contributed by atoms with E-state index in [1.165, 1.54) is 19.2 Å². The summed E-state index contributed by atoms with van der Waals surface area (Å²) in [6.07, 6.45) is 0. The molecule has 6 heteroatoms. The number of ether oxygens (including phenoxy) is 2. The third kappa shape index (κ3) is 3.19. The van der Waals surface area contributed by atoms with Gasteiger partial charge < -0.3 is 15.2 Å². The Balaban J connectivity index is 2.17. The van der Waals surface area contributed by atoms with Crippen LogP contribution in [0, 0.1) is 11.6 Å². The van der Waals surface area contributed by atoms with Crippen LogP contribution in [0.3, 0.4) is 0 Å². The van der Waals surface area contributed by atoms with Crippen molar-refractivity contribution in [3.8, 4) is 11.5 Å². The topological polar surface area (TPSA) is 44.5 Å². The first-order valence-corrected chi connectivity index (χ1v) is 6.50. The molecule has 2 N–H and O–H groups in total. The van der Waals surface area contributed by atoms with E-state index in [0.29, 0.717) is 15.8 Å². The lowest BCUT2D eigenvalue weighted by Gasteiger charge is -2.12. The van der Waals surface area contributed by atoms with Crippen LogP contribution < -0.4 is 15.2 Å². The van der Waals surface area contributed by atoms with Gasteiger partial charge in [0.05, 0.1) is 17.3 Å². The highest BCUT2D eigenvalue weighted by Crippen LogP contribution is 2.33. The van der Waals surface area contributed by atoms with Gasteiger partial charge >= 0.3 is 0 Å². The highest BCUT2D eigenvalue weighted by Gasteiger charge is 2.11. The van der Waals surface area contributed by atoms with Gasteiger partial charge in [-0.2, -0.15) is 0 Å². The quantitative estimate of drug-likeness (QED) is 0.856. The van der Waals surface area contributed by atoms with Gasteiger partial charge in [-0.3, -0.25) is 0 Å². The summed E-state index contributed by atoms with van der Waals surface area (Å²) in [5, 5.41) is 0. The van der Waals surface area contributed by atoms with Gasteiger partial charge in [-0.15, -0.1) is 0 Å². The van der Waals surface area contributed by atoms with Crippen molar-refractivity contribution in [3.63, 3.8) is 0 Å². The number of hydrogen-bond acceptors (Lipinski definition) is 3. The average Bonchev–Trinajstić information content (AvgIpc) is 2.39. The molecule has 2 aromatic rings. The number of hydrogen-bond donors (Lipinski definition) is 1. The molecule has 3 nitrogen and oxygen atoms in total. The first-order valence-electron chi connectivity index (χ1n) is 5.71. The van der Waals surface area contributed by atoms with Gasteiger partial charge in [-0.25, -0.2) is 8.78 Å². The summed E-state index contributed by atoms with van der Waals surface area (Å²) in [5.74, 6) is -0.214. The molecule has 0 radical (unpaired) electrons. The monoisotopic (exact) mass is 343 g/mol. The summed E-state index contributed by atoms with van der Waals surface area (Å²) in [6.45, 7) is -0.0236. The maximum Gasteiger partial charge on any atom is 0.157 e. The summed E-state index contributed by atoms with van der Waals surface area (Å²) < 4.78 is 37.6. The van der Waals surface area contributed by atoms with Crippen LogP contribution in [0.5, 0.6) is 11.5 Å². The number of anilines is 1. The molecule has 0 aromatic heterocycles. The first kappa shape index (κ1) is 14.6. The molecule has 0 spiro atoms. The molecule has 0 heterocycles. The Hall–Kier alpha value is -1.82. The zero-order chi connectivity index (χ0) is 14.7. The molecule has 0 bridgehead atoms. The fourth-order valence-electron chi connectivity index (χ4n) is 1.65. The third-order valence-electron chi connectivity index (χ3n) is 2.67. The van der Waals surface area contributed by atoms with Crippen LogP contribution >= 0.6 is 15.9 Å². The summed E-state index contributed by atoms with van der Waals surface area (Å²) in [4.78, 5) is 0. The Kier molecular flexibility index (Phi) is 4.44. The fourth-order valence-corrected chi connectivity index (χ4v) is 2.22. The van der Waals surface area contributed by atoms with Crippen LogP contribution in [0.4, 0.5) is 14.5 Å². The normalized spacial score (nSPS) is 10.4. The highest BCUT2D eigenvalue weighted by atomic mass is 79.9. The molecular formula is C14H12BrF2NO2. The summed E-state index contributed by atoms with van der Waals surface area (Å²) in [5.41, 5.74) is 6.15. The summed E-state index contributed by atoms with van der Waals surface area (Å²) >= 11 is 3.15. The van der Waals surface area contributed by atoms with E-state index in [1.807, 2.05) is 0 Å². The van der Waals surface area contributed by atoms with Crippen LogP contribution in [-0.2, 0) is 6.61 Å². The fraction of sp³-hybridized carbons (Fsp3) is 0.143. The van der Waals surface area contributed by atoms with Gasteiger partial charge in [0.2, 0.25) is 0 Å². The molecule has 106 valence electrons. The number of benzene rings is 2. The van der Waals surface area contributed by atoms with Crippen LogP contribution in [0.15, 0.2) is 34.8 Å². The lowest BCUT2D eigenvalue weighted by molar-refractivity contribution is 0.298. The lowest BCUT2D eigenvalue weighted by atomic mass is 10.2. The minimum Gasteiger partial charge on any atom is -0.497 e. The molecule has 0 fully saturated rings. The van der Waals surface area contributed by atoms with Crippen molar-refractivity contribution in [2.45, 2.75) is 6.61 Å². The average molecular weight is 344 g/mol. The summed E-state index contributed by atoms with van der Waals surface area (Å²) in [6, 6.07) is 6.83. The zero-order valence-electron chi connectivity index (χ0n) is 10.6. The SMILES string of the molecule is COc1ccc(COc2c(N)cc(F)cc2Br)c(F)c1. The van der Waals surface area contributed by atoms with Crippen molar-refractivity contribution in [1.29, 1.82) is 0 Å². The van der Waals surface area contributed by atoms with E-state index in [2.05, 4.69) is 15.9 Å². The van der Waals surface area contributed by atoms with E-state index in [-0.39, 0.29) is 18.0 Å². The molecule has 2 rings (SSSR count). The van der Waals surface area contributed by atoms with E-state index in [1.54, 1.807) is 12.1 Å². The predicted octanol–water partition coefficient (Wildman–Crippen LogP) is 3.90. The van der Waals surface area contributed by atoms with Crippen LogP contribution in [-0.4, -0.2) is 7.11 Å². The van der Waals surface area contributed by atoms with Gasteiger partial charge in [0.1, 0.15) is 24.0 Å². The van der Waals surface area contributed by atoms with Crippen LogP contribution in [0.25, 0.3) is 0 Å². The van der Waals surface area contributed by atoms with E-state index < -0.39 is 11.6 Å². The van der Waals surface area contributed by atoms with Crippen molar-refractivity contribution in [2.75, 3.05) is 12.8 Å². The van der Waals surface area contributed by atoms with Gasteiger partial charge in [-0.05, 0) is 34.1 Å². The Morgan fingerprint density at radius 3 is 2.55 bits per heavy atom. The maximum absolute atomic E-state index is 13.7. The highest BCUT2D eigenvalue weighted by molar-refractivity contribution is 9.10. The maximum atomic E-state index is 13.7. The number of nitrogens with two attached hydrogens (primary N) is 1. The molecule has 0 saturated heterocycles.